The topological polar surface area (TPSA) is 91.5 Å². The van der Waals surface area contributed by atoms with Crippen LogP contribution in [0.2, 0.25) is 0 Å². The van der Waals surface area contributed by atoms with Crippen molar-refractivity contribution in [3.8, 4) is 17.2 Å². The van der Waals surface area contributed by atoms with E-state index in [0.717, 1.165) is 47.2 Å². The average molecular weight is 342 g/mol. The first-order valence-corrected chi connectivity index (χ1v) is 8.51. The molecule has 2 aromatic rings. The van der Waals surface area contributed by atoms with Crippen LogP contribution in [-0.2, 0) is 6.54 Å². The third-order valence-corrected chi connectivity index (χ3v) is 4.69. The van der Waals surface area contributed by atoms with Crippen LogP contribution >= 0.6 is 0 Å². The smallest absolute Gasteiger partial charge is 0.165 e. The molecule has 0 bridgehead atoms. The molecule has 2 aliphatic rings. The number of benzene rings is 1. The van der Waals surface area contributed by atoms with E-state index in [0.29, 0.717) is 31.7 Å². The van der Waals surface area contributed by atoms with Crippen molar-refractivity contribution in [2.24, 2.45) is 5.73 Å². The molecule has 0 spiro atoms. The van der Waals surface area contributed by atoms with Crippen LogP contribution in [0, 0.1) is 0 Å². The summed E-state index contributed by atoms with van der Waals surface area (Å²) in [7, 11) is 1.65. The van der Waals surface area contributed by atoms with Gasteiger partial charge < -0.3 is 25.3 Å². The Morgan fingerprint density at radius 2 is 1.92 bits per heavy atom. The highest BCUT2D eigenvalue weighted by molar-refractivity contribution is 5.52. The van der Waals surface area contributed by atoms with E-state index < -0.39 is 0 Å². The van der Waals surface area contributed by atoms with Crippen LogP contribution in [-0.4, -0.2) is 36.3 Å². The number of nitrogens with one attached hydrogen (secondary N) is 1. The summed E-state index contributed by atoms with van der Waals surface area (Å²) in [5, 5.41) is 3.34. The average Bonchev–Trinajstić information content (AvgIpc) is 2.63. The summed E-state index contributed by atoms with van der Waals surface area (Å²) in [6, 6.07) is 6.12. The molecule has 4 rings (SSSR count). The van der Waals surface area contributed by atoms with Gasteiger partial charge >= 0.3 is 0 Å². The van der Waals surface area contributed by atoms with E-state index in [2.05, 4.69) is 15.3 Å². The number of methoxy groups -OCH3 is 1. The third kappa shape index (κ3) is 3.32. The van der Waals surface area contributed by atoms with Crippen molar-refractivity contribution in [3.63, 3.8) is 0 Å². The van der Waals surface area contributed by atoms with Gasteiger partial charge in [0.15, 0.2) is 11.5 Å². The van der Waals surface area contributed by atoms with Crippen molar-refractivity contribution < 1.29 is 14.2 Å². The molecule has 1 saturated carbocycles. The minimum absolute atomic E-state index is 0.304. The molecule has 7 heteroatoms. The molecule has 1 fully saturated rings. The second-order valence-corrected chi connectivity index (χ2v) is 6.42. The number of nitrogens with zero attached hydrogens (tertiary/aromatic N) is 2. The Morgan fingerprint density at radius 1 is 1.16 bits per heavy atom. The molecule has 1 aliphatic carbocycles. The molecule has 1 aromatic carbocycles. The van der Waals surface area contributed by atoms with E-state index in [1.54, 1.807) is 13.4 Å². The number of fused-ring (bicyclic) bond motifs is 1. The fraction of sp³-hybridized carbons (Fsp3) is 0.444. The molecule has 1 aromatic heterocycles. The van der Waals surface area contributed by atoms with Gasteiger partial charge in [-0.3, -0.25) is 0 Å². The lowest BCUT2D eigenvalue weighted by atomic mass is 9.79. The Morgan fingerprint density at radius 3 is 2.64 bits per heavy atom. The fourth-order valence-corrected chi connectivity index (χ4v) is 3.22. The van der Waals surface area contributed by atoms with Gasteiger partial charge in [-0.15, -0.1) is 0 Å². The van der Waals surface area contributed by atoms with Crippen LogP contribution in [0.3, 0.4) is 0 Å². The highest BCUT2D eigenvalue weighted by Gasteiger charge is 2.28. The summed E-state index contributed by atoms with van der Waals surface area (Å²) in [6.07, 6.45) is 3.58. The summed E-state index contributed by atoms with van der Waals surface area (Å²) in [6.45, 7) is 1.69. The van der Waals surface area contributed by atoms with Gasteiger partial charge in [-0.25, -0.2) is 9.97 Å². The highest BCUT2D eigenvalue weighted by atomic mass is 16.6. The Labute approximate surface area is 146 Å². The second kappa shape index (κ2) is 6.76. The molecule has 0 atom stereocenters. The Balaban J connectivity index is 1.48. The lowest BCUT2D eigenvalue weighted by molar-refractivity contribution is 0.170. The SMILES string of the molecule is COc1cc2c(cc1CNc1cc(C3CC(N)C3)ncn1)OCCO2. The highest BCUT2D eigenvalue weighted by Crippen LogP contribution is 2.37. The predicted molar refractivity (Wildman–Crippen MR) is 93.3 cm³/mol. The van der Waals surface area contributed by atoms with Gasteiger partial charge in [-0.1, -0.05) is 0 Å². The van der Waals surface area contributed by atoms with Crippen molar-refractivity contribution in [2.75, 3.05) is 25.6 Å². The quantitative estimate of drug-likeness (QED) is 0.859. The van der Waals surface area contributed by atoms with E-state index in [4.69, 9.17) is 19.9 Å². The normalized spacial score (nSPS) is 21.4. The molecule has 3 N–H and O–H groups in total. The maximum absolute atomic E-state index is 5.87. The minimum atomic E-state index is 0.304. The molecular formula is C18H22N4O3. The van der Waals surface area contributed by atoms with Crippen molar-refractivity contribution in [3.05, 3.63) is 35.8 Å². The van der Waals surface area contributed by atoms with E-state index in [1.807, 2.05) is 18.2 Å². The molecule has 0 saturated heterocycles. The maximum atomic E-state index is 5.87. The van der Waals surface area contributed by atoms with E-state index in [-0.39, 0.29) is 0 Å². The number of hydrogen-bond acceptors (Lipinski definition) is 7. The van der Waals surface area contributed by atoms with E-state index in [1.165, 1.54) is 0 Å². The standard InChI is InChI=1S/C18H22N4O3/c1-23-15-8-17-16(24-2-3-25-17)6-12(15)9-20-18-7-14(21-10-22-18)11-4-13(19)5-11/h6-8,10-11,13H,2-5,9,19H2,1H3,(H,20,21,22). The number of nitrogens with two attached hydrogens (primary N) is 1. The number of aromatic nitrogens is 2. The molecule has 0 unspecified atom stereocenters. The van der Waals surface area contributed by atoms with Gasteiger partial charge in [0.25, 0.3) is 0 Å². The maximum Gasteiger partial charge on any atom is 0.165 e. The second-order valence-electron chi connectivity index (χ2n) is 6.42. The summed E-state index contributed by atoms with van der Waals surface area (Å²) in [5.41, 5.74) is 7.90. The van der Waals surface area contributed by atoms with Gasteiger partial charge in [-0.2, -0.15) is 0 Å². The molecule has 0 radical (unpaired) electrons. The van der Waals surface area contributed by atoms with Crippen LogP contribution in [0.25, 0.3) is 0 Å². The van der Waals surface area contributed by atoms with Gasteiger partial charge in [0.05, 0.1) is 7.11 Å². The molecule has 132 valence electrons. The van der Waals surface area contributed by atoms with Crippen molar-refractivity contribution in [1.82, 2.24) is 9.97 Å². The Bertz CT molecular complexity index is 762. The van der Waals surface area contributed by atoms with Crippen molar-refractivity contribution in [2.45, 2.75) is 31.3 Å². The largest absolute Gasteiger partial charge is 0.496 e. The van der Waals surface area contributed by atoms with Crippen molar-refractivity contribution >= 4 is 5.82 Å². The lowest BCUT2D eigenvalue weighted by Gasteiger charge is -2.31. The monoisotopic (exact) mass is 342 g/mol. The van der Waals surface area contributed by atoms with E-state index in [9.17, 15) is 0 Å². The Kier molecular flexibility index (Phi) is 4.31. The first-order chi connectivity index (χ1) is 12.2. The minimum Gasteiger partial charge on any atom is -0.496 e. The summed E-state index contributed by atoms with van der Waals surface area (Å²) in [4.78, 5) is 8.68. The molecule has 7 nitrogen and oxygen atoms in total. The van der Waals surface area contributed by atoms with Crippen LogP contribution in [0.5, 0.6) is 17.2 Å². The van der Waals surface area contributed by atoms with Crippen LogP contribution in [0.15, 0.2) is 24.5 Å². The van der Waals surface area contributed by atoms with Gasteiger partial charge in [0, 0.05) is 41.9 Å². The zero-order chi connectivity index (χ0) is 17.2. The van der Waals surface area contributed by atoms with Crippen LogP contribution in [0.1, 0.15) is 30.0 Å². The predicted octanol–water partition coefficient (Wildman–Crippen LogP) is 2.07. The zero-order valence-corrected chi connectivity index (χ0v) is 14.2. The summed E-state index contributed by atoms with van der Waals surface area (Å²) >= 11 is 0. The van der Waals surface area contributed by atoms with Crippen LogP contribution in [0.4, 0.5) is 5.82 Å². The van der Waals surface area contributed by atoms with E-state index >= 15 is 0 Å². The molecule has 25 heavy (non-hydrogen) atoms. The van der Waals surface area contributed by atoms with Crippen LogP contribution < -0.4 is 25.3 Å². The number of rotatable bonds is 5. The molecule has 2 heterocycles. The van der Waals surface area contributed by atoms with Gasteiger partial charge in [0.1, 0.15) is 31.1 Å². The number of anilines is 1. The molecular weight excluding hydrogens is 320 g/mol. The third-order valence-electron chi connectivity index (χ3n) is 4.69. The first kappa shape index (κ1) is 16.0. The number of hydrogen-bond donors (Lipinski definition) is 2. The molecule has 0 amide bonds. The zero-order valence-electron chi connectivity index (χ0n) is 14.2. The number of ether oxygens (including phenoxy) is 3. The molecule has 1 aliphatic heterocycles. The van der Waals surface area contributed by atoms with Crippen molar-refractivity contribution in [1.29, 1.82) is 0 Å². The van der Waals surface area contributed by atoms with Gasteiger partial charge in [-0.05, 0) is 18.9 Å². The van der Waals surface area contributed by atoms with Gasteiger partial charge in [0.2, 0.25) is 0 Å². The summed E-state index contributed by atoms with van der Waals surface area (Å²) < 4.78 is 16.7. The first-order valence-electron chi connectivity index (χ1n) is 8.51. The summed E-state index contributed by atoms with van der Waals surface area (Å²) in [5.74, 6) is 3.47. The fourth-order valence-electron chi connectivity index (χ4n) is 3.22. The Hall–Kier alpha value is -2.54. The lowest BCUT2D eigenvalue weighted by Crippen LogP contribution is -2.35.